The number of benzene rings is 1. The summed E-state index contributed by atoms with van der Waals surface area (Å²) in [6.07, 6.45) is 5.07. The van der Waals surface area contributed by atoms with Crippen molar-refractivity contribution in [3.05, 3.63) is 53.2 Å². The third-order valence-electron chi connectivity index (χ3n) is 3.25. The predicted molar refractivity (Wildman–Crippen MR) is 94.6 cm³/mol. The van der Waals surface area contributed by atoms with Gasteiger partial charge in [0, 0.05) is 17.8 Å². The fourth-order valence-electron chi connectivity index (χ4n) is 2.10. The Bertz CT molecular complexity index is 819. The summed E-state index contributed by atoms with van der Waals surface area (Å²) in [7, 11) is 3.17. The van der Waals surface area contributed by atoms with Gasteiger partial charge >= 0.3 is 0 Å². The molecule has 122 valence electrons. The first-order valence-corrected chi connectivity index (χ1v) is 7.93. The van der Waals surface area contributed by atoms with E-state index in [1.807, 2.05) is 18.2 Å². The number of methoxy groups -OCH3 is 2. The normalized spacial score (nSPS) is 17.2. The highest BCUT2D eigenvalue weighted by Crippen LogP contribution is 2.32. The molecule has 1 saturated heterocycles. The first kappa shape index (κ1) is 16.1. The minimum atomic E-state index is -0.194. The maximum Gasteiger partial charge on any atom is 0.264 e. The van der Waals surface area contributed by atoms with Crippen molar-refractivity contribution in [2.24, 2.45) is 4.99 Å². The number of hydrogen-bond acceptors (Lipinski definition) is 6. The van der Waals surface area contributed by atoms with Crippen LogP contribution in [0.3, 0.4) is 0 Å². The number of nitrogens with zero attached hydrogens (tertiary/aromatic N) is 2. The van der Waals surface area contributed by atoms with Crippen molar-refractivity contribution in [3.8, 4) is 11.5 Å². The molecule has 1 aliphatic rings. The summed E-state index contributed by atoms with van der Waals surface area (Å²) in [6.45, 7) is 0. The highest BCUT2D eigenvalue weighted by molar-refractivity contribution is 8.18. The average Bonchev–Trinajstić information content (AvgIpc) is 2.95. The number of nitrogens with one attached hydrogen (secondary N) is 1. The van der Waals surface area contributed by atoms with E-state index in [0.29, 0.717) is 27.3 Å². The number of hydrogen-bond donors (Lipinski definition) is 1. The largest absolute Gasteiger partial charge is 0.497 e. The molecule has 0 aliphatic carbocycles. The Kier molecular flexibility index (Phi) is 4.81. The number of ether oxygens (including phenoxy) is 2. The predicted octanol–water partition coefficient (Wildman–Crippen LogP) is 2.99. The van der Waals surface area contributed by atoms with Crippen molar-refractivity contribution in [2.45, 2.75) is 0 Å². The lowest BCUT2D eigenvalue weighted by Crippen LogP contribution is -2.19. The van der Waals surface area contributed by atoms with Crippen LogP contribution >= 0.6 is 11.8 Å². The number of rotatable bonds is 4. The molecule has 0 spiro atoms. The summed E-state index contributed by atoms with van der Waals surface area (Å²) in [6, 6.07) is 9.04. The molecule has 0 radical (unpaired) electrons. The fraction of sp³-hybridized carbons (Fsp3) is 0.118. The van der Waals surface area contributed by atoms with Gasteiger partial charge in [-0.25, -0.2) is 4.99 Å². The first-order valence-electron chi connectivity index (χ1n) is 7.11. The zero-order chi connectivity index (χ0) is 16.9. The van der Waals surface area contributed by atoms with Crippen molar-refractivity contribution in [3.63, 3.8) is 0 Å². The summed E-state index contributed by atoms with van der Waals surface area (Å²) >= 11 is 1.27. The SMILES string of the molecule is COc1ccc(/C=C2/SC(=Nc3cccnc3)NC2=O)c(OC)c1. The second-order valence-electron chi connectivity index (χ2n) is 4.80. The fourth-order valence-corrected chi connectivity index (χ4v) is 2.93. The molecule has 3 rings (SSSR count). The van der Waals surface area contributed by atoms with Crippen LogP contribution < -0.4 is 14.8 Å². The maximum atomic E-state index is 12.1. The van der Waals surface area contributed by atoms with Gasteiger partial charge in [0.15, 0.2) is 5.17 Å². The third kappa shape index (κ3) is 3.57. The smallest absolute Gasteiger partial charge is 0.264 e. The second-order valence-corrected chi connectivity index (χ2v) is 5.83. The van der Waals surface area contributed by atoms with E-state index < -0.39 is 0 Å². The molecular formula is C17H15N3O3S. The van der Waals surface area contributed by atoms with Gasteiger partial charge in [-0.15, -0.1) is 0 Å². The molecule has 1 aliphatic heterocycles. The van der Waals surface area contributed by atoms with Crippen LogP contribution in [0.15, 0.2) is 52.6 Å². The van der Waals surface area contributed by atoms with Crippen LogP contribution in [-0.2, 0) is 4.79 Å². The number of carbonyl (C=O) groups is 1. The average molecular weight is 341 g/mol. The molecule has 0 atom stereocenters. The van der Waals surface area contributed by atoms with Gasteiger partial charge < -0.3 is 14.8 Å². The molecule has 2 heterocycles. The molecule has 0 bridgehead atoms. The molecule has 24 heavy (non-hydrogen) atoms. The summed E-state index contributed by atoms with van der Waals surface area (Å²) in [5.41, 5.74) is 1.47. The van der Waals surface area contributed by atoms with E-state index in [4.69, 9.17) is 9.47 Å². The van der Waals surface area contributed by atoms with Crippen molar-refractivity contribution in [1.29, 1.82) is 0 Å². The van der Waals surface area contributed by atoms with E-state index in [2.05, 4.69) is 15.3 Å². The van der Waals surface area contributed by atoms with Gasteiger partial charge in [0.25, 0.3) is 5.91 Å². The number of amides is 1. The van der Waals surface area contributed by atoms with E-state index in [1.165, 1.54) is 11.8 Å². The van der Waals surface area contributed by atoms with Gasteiger partial charge in [0.05, 0.1) is 31.0 Å². The molecule has 7 heteroatoms. The number of thioether (sulfide) groups is 1. The highest BCUT2D eigenvalue weighted by atomic mass is 32.2. The molecule has 0 saturated carbocycles. The molecule has 1 aromatic heterocycles. The lowest BCUT2D eigenvalue weighted by Gasteiger charge is -2.07. The molecule has 1 aromatic carbocycles. The maximum absolute atomic E-state index is 12.1. The van der Waals surface area contributed by atoms with Crippen LogP contribution in [-0.4, -0.2) is 30.3 Å². The topological polar surface area (TPSA) is 72.8 Å². The van der Waals surface area contributed by atoms with Gasteiger partial charge in [-0.3, -0.25) is 9.78 Å². The molecule has 1 amide bonds. The Morgan fingerprint density at radius 3 is 2.83 bits per heavy atom. The minimum absolute atomic E-state index is 0.194. The number of aliphatic imine (C=N–C) groups is 1. The van der Waals surface area contributed by atoms with E-state index >= 15 is 0 Å². The Morgan fingerprint density at radius 2 is 2.12 bits per heavy atom. The van der Waals surface area contributed by atoms with E-state index in [0.717, 1.165) is 5.56 Å². The first-order chi connectivity index (χ1) is 11.7. The number of aromatic nitrogens is 1. The quantitative estimate of drug-likeness (QED) is 0.866. The Morgan fingerprint density at radius 1 is 1.25 bits per heavy atom. The molecule has 1 fully saturated rings. The van der Waals surface area contributed by atoms with Crippen molar-refractivity contribution < 1.29 is 14.3 Å². The Balaban J connectivity index is 1.86. The van der Waals surface area contributed by atoms with Crippen molar-refractivity contribution in [2.75, 3.05) is 14.2 Å². The summed E-state index contributed by atoms with van der Waals surface area (Å²) in [4.78, 5) is 21.0. The van der Waals surface area contributed by atoms with Crippen LogP contribution in [0.1, 0.15) is 5.56 Å². The molecule has 0 unspecified atom stereocenters. The summed E-state index contributed by atoms with van der Waals surface area (Å²) in [5.74, 6) is 1.13. The van der Waals surface area contributed by atoms with Crippen LogP contribution in [0.5, 0.6) is 11.5 Å². The van der Waals surface area contributed by atoms with E-state index in [-0.39, 0.29) is 5.91 Å². The van der Waals surface area contributed by atoms with Crippen molar-refractivity contribution in [1.82, 2.24) is 10.3 Å². The van der Waals surface area contributed by atoms with Crippen LogP contribution in [0.25, 0.3) is 6.08 Å². The summed E-state index contributed by atoms with van der Waals surface area (Å²) in [5, 5.41) is 3.27. The van der Waals surface area contributed by atoms with Gasteiger partial charge in [0.2, 0.25) is 0 Å². The van der Waals surface area contributed by atoms with Gasteiger partial charge in [-0.05, 0) is 42.1 Å². The minimum Gasteiger partial charge on any atom is -0.497 e. The zero-order valence-corrected chi connectivity index (χ0v) is 14.0. The Hall–Kier alpha value is -2.80. The van der Waals surface area contributed by atoms with E-state index in [1.54, 1.807) is 44.8 Å². The van der Waals surface area contributed by atoms with Crippen LogP contribution in [0.4, 0.5) is 5.69 Å². The zero-order valence-electron chi connectivity index (χ0n) is 13.1. The highest BCUT2D eigenvalue weighted by Gasteiger charge is 2.24. The van der Waals surface area contributed by atoms with Crippen LogP contribution in [0, 0.1) is 0 Å². The molecule has 2 aromatic rings. The molecule has 1 N–H and O–H groups in total. The molecular weight excluding hydrogens is 326 g/mol. The third-order valence-corrected chi connectivity index (χ3v) is 4.16. The Labute approximate surface area is 143 Å². The van der Waals surface area contributed by atoms with Gasteiger partial charge in [-0.2, -0.15) is 0 Å². The number of amidine groups is 1. The van der Waals surface area contributed by atoms with Crippen LogP contribution in [0.2, 0.25) is 0 Å². The lowest BCUT2D eigenvalue weighted by molar-refractivity contribution is -0.115. The standard InChI is InChI=1S/C17H15N3O3S/c1-22-13-6-5-11(14(9-13)23-2)8-15-16(21)20-17(24-15)19-12-4-3-7-18-10-12/h3-10H,1-2H3,(H,19,20,21)/b15-8+. The summed E-state index contributed by atoms with van der Waals surface area (Å²) < 4.78 is 10.5. The number of pyridine rings is 1. The monoisotopic (exact) mass is 341 g/mol. The van der Waals surface area contributed by atoms with Crippen molar-refractivity contribution >= 4 is 34.6 Å². The van der Waals surface area contributed by atoms with Gasteiger partial charge in [0.1, 0.15) is 11.5 Å². The van der Waals surface area contributed by atoms with E-state index in [9.17, 15) is 4.79 Å². The lowest BCUT2D eigenvalue weighted by atomic mass is 10.1. The van der Waals surface area contributed by atoms with Gasteiger partial charge in [-0.1, -0.05) is 0 Å². The second kappa shape index (κ2) is 7.18. The molecule has 6 nitrogen and oxygen atoms in total. The number of carbonyl (C=O) groups excluding carboxylic acids is 1.